The molecule has 2 aromatic rings. The average molecular weight is 369 g/mol. The quantitative estimate of drug-likeness (QED) is 0.812. The van der Waals surface area contributed by atoms with Gasteiger partial charge in [0.05, 0.1) is 12.3 Å². The fraction of sp³-hybridized carbons (Fsp3) is 0.478. The average Bonchev–Trinajstić information content (AvgIpc) is 2.65. The summed E-state index contributed by atoms with van der Waals surface area (Å²) in [6.07, 6.45) is 0. The summed E-state index contributed by atoms with van der Waals surface area (Å²) in [5.41, 5.74) is 4.71. The van der Waals surface area contributed by atoms with Crippen LogP contribution in [0.1, 0.15) is 43.4 Å². The fourth-order valence-corrected chi connectivity index (χ4v) is 3.89. The number of para-hydroxylation sites is 2. The van der Waals surface area contributed by atoms with Crippen LogP contribution < -0.4 is 9.64 Å². The van der Waals surface area contributed by atoms with Crippen LogP contribution in [0.3, 0.4) is 0 Å². The van der Waals surface area contributed by atoms with Crippen molar-refractivity contribution in [3.05, 3.63) is 53.1 Å². The van der Waals surface area contributed by atoms with Crippen LogP contribution in [0, 0.1) is 6.92 Å². The summed E-state index contributed by atoms with van der Waals surface area (Å²) in [5, 5.41) is 10.4. The topological polar surface area (TPSA) is 35.9 Å². The molecule has 0 radical (unpaired) electrons. The van der Waals surface area contributed by atoms with E-state index in [4.69, 9.17) is 4.74 Å². The first-order valence-corrected chi connectivity index (χ1v) is 10.0. The fourth-order valence-electron chi connectivity index (χ4n) is 3.89. The Morgan fingerprint density at radius 1 is 1.07 bits per heavy atom. The van der Waals surface area contributed by atoms with Crippen molar-refractivity contribution in [1.29, 1.82) is 0 Å². The first-order chi connectivity index (χ1) is 13.0. The van der Waals surface area contributed by atoms with Gasteiger partial charge in [-0.2, -0.15) is 0 Å². The molecule has 0 amide bonds. The number of anilines is 1. The second-order valence-electron chi connectivity index (χ2n) is 7.66. The van der Waals surface area contributed by atoms with Crippen LogP contribution in [-0.4, -0.2) is 42.8 Å². The van der Waals surface area contributed by atoms with Crippen molar-refractivity contribution in [2.75, 3.05) is 37.7 Å². The molecule has 0 atom stereocenters. The minimum atomic E-state index is 0.418. The van der Waals surface area contributed by atoms with Crippen LogP contribution >= 0.6 is 0 Å². The molecule has 4 nitrogen and oxygen atoms in total. The van der Waals surface area contributed by atoms with E-state index in [0.717, 1.165) is 44.0 Å². The Labute approximate surface area is 163 Å². The lowest BCUT2D eigenvalue weighted by molar-refractivity contribution is 0.245. The predicted molar refractivity (Wildman–Crippen MR) is 112 cm³/mol. The van der Waals surface area contributed by atoms with Crippen molar-refractivity contribution < 1.29 is 9.84 Å². The molecule has 0 aliphatic carbocycles. The lowest BCUT2D eigenvalue weighted by atomic mass is 9.95. The van der Waals surface area contributed by atoms with E-state index >= 15 is 0 Å². The predicted octanol–water partition coefficient (Wildman–Crippen LogP) is 4.54. The monoisotopic (exact) mass is 368 g/mol. The van der Waals surface area contributed by atoms with E-state index in [1.807, 2.05) is 25.1 Å². The summed E-state index contributed by atoms with van der Waals surface area (Å²) in [4.78, 5) is 4.82. The number of aryl methyl sites for hydroxylation is 1. The lowest BCUT2D eigenvalue weighted by Crippen LogP contribution is -2.46. The molecule has 4 heteroatoms. The molecule has 1 saturated heterocycles. The van der Waals surface area contributed by atoms with E-state index in [9.17, 15) is 5.11 Å². The second-order valence-corrected chi connectivity index (χ2v) is 7.66. The molecule has 1 aliphatic heterocycles. The molecule has 0 unspecified atom stereocenters. The SMILES string of the molecule is CCOc1ccccc1N1CCN(Cc2cc(C(C)C)c(C)cc2O)CC1. The molecule has 27 heavy (non-hydrogen) atoms. The molecule has 1 fully saturated rings. The molecule has 146 valence electrons. The Morgan fingerprint density at radius 3 is 2.44 bits per heavy atom. The standard InChI is InChI=1S/C23H32N2O2/c1-5-27-23-9-7-6-8-21(23)25-12-10-24(11-13-25)16-19-15-20(17(2)3)18(4)14-22(19)26/h6-9,14-15,17,26H,5,10-13,16H2,1-4H3. The highest BCUT2D eigenvalue weighted by molar-refractivity contribution is 5.58. The van der Waals surface area contributed by atoms with E-state index in [-0.39, 0.29) is 0 Å². The maximum absolute atomic E-state index is 10.4. The van der Waals surface area contributed by atoms with Crippen LogP contribution in [0.2, 0.25) is 0 Å². The zero-order valence-corrected chi connectivity index (χ0v) is 17.0. The van der Waals surface area contributed by atoms with Crippen LogP contribution in [0.4, 0.5) is 5.69 Å². The van der Waals surface area contributed by atoms with E-state index < -0.39 is 0 Å². The number of phenolic OH excluding ortho intramolecular Hbond substituents is 1. The van der Waals surface area contributed by atoms with E-state index in [2.05, 4.69) is 48.8 Å². The first-order valence-electron chi connectivity index (χ1n) is 10.0. The van der Waals surface area contributed by atoms with Gasteiger partial charge in [0.1, 0.15) is 11.5 Å². The van der Waals surface area contributed by atoms with Gasteiger partial charge in [0.25, 0.3) is 0 Å². The molecule has 2 aromatic carbocycles. The number of piperazine rings is 1. The Morgan fingerprint density at radius 2 is 1.78 bits per heavy atom. The number of phenols is 1. The number of hydrogen-bond donors (Lipinski definition) is 1. The molecular weight excluding hydrogens is 336 g/mol. The maximum atomic E-state index is 10.4. The van der Waals surface area contributed by atoms with Crippen molar-refractivity contribution in [1.82, 2.24) is 4.90 Å². The minimum absolute atomic E-state index is 0.418. The zero-order chi connectivity index (χ0) is 19.4. The molecule has 0 bridgehead atoms. The Balaban J connectivity index is 1.66. The normalized spacial score (nSPS) is 15.4. The summed E-state index contributed by atoms with van der Waals surface area (Å²) in [5.74, 6) is 1.85. The number of ether oxygens (including phenoxy) is 1. The van der Waals surface area contributed by atoms with Gasteiger partial charge in [0, 0.05) is 38.3 Å². The Kier molecular flexibility index (Phi) is 6.27. The molecule has 3 rings (SSSR count). The molecular formula is C23H32N2O2. The number of rotatable bonds is 6. The van der Waals surface area contributed by atoms with Crippen molar-refractivity contribution in [2.24, 2.45) is 0 Å². The summed E-state index contributed by atoms with van der Waals surface area (Å²) >= 11 is 0. The van der Waals surface area contributed by atoms with Crippen molar-refractivity contribution in [3.63, 3.8) is 0 Å². The molecule has 0 aromatic heterocycles. The molecule has 0 saturated carbocycles. The Bertz CT molecular complexity index is 765. The van der Waals surface area contributed by atoms with Gasteiger partial charge < -0.3 is 14.7 Å². The zero-order valence-electron chi connectivity index (χ0n) is 17.0. The van der Waals surface area contributed by atoms with Gasteiger partial charge in [-0.05, 0) is 49.1 Å². The van der Waals surface area contributed by atoms with Gasteiger partial charge in [0.2, 0.25) is 0 Å². The number of aromatic hydroxyl groups is 1. The lowest BCUT2D eigenvalue weighted by Gasteiger charge is -2.37. The van der Waals surface area contributed by atoms with Crippen molar-refractivity contribution >= 4 is 5.69 Å². The van der Waals surface area contributed by atoms with Gasteiger partial charge >= 0.3 is 0 Å². The molecule has 1 N–H and O–H groups in total. The van der Waals surface area contributed by atoms with Crippen molar-refractivity contribution in [2.45, 2.75) is 40.2 Å². The third-order valence-corrected chi connectivity index (χ3v) is 5.36. The Hall–Kier alpha value is -2.20. The smallest absolute Gasteiger partial charge is 0.142 e. The largest absolute Gasteiger partial charge is 0.508 e. The van der Waals surface area contributed by atoms with Gasteiger partial charge in [-0.15, -0.1) is 0 Å². The minimum Gasteiger partial charge on any atom is -0.508 e. The van der Waals surface area contributed by atoms with Gasteiger partial charge in [-0.1, -0.05) is 32.0 Å². The highest BCUT2D eigenvalue weighted by atomic mass is 16.5. The summed E-state index contributed by atoms with van der Waals surface area (Å²) in [6, 6.07) is 12.4. The van der Waals surface area contributed by atoms with Crippen LogP contribution in [0.15, 0.2) is 36.4 Å². The molecule has 1 aliphatic rings. The second kappa shape index (κ2) is 8.66. The summed E-state index contributed by atoms with van der Waals surface area (Å²) in [6.45, 7) is 13.9. The maximum Gasteiger partial charge on any atom is 0.142 e. The number of hydrogen-bond acceptors (Lipinski definition) is 4. The van der Waals surface area contributed by atoms with E-state index in [1.54, 1.807) is 0 Å². The highest BCUT2D eigenvalue weighted by Gasteiger charge is 2.21. The number of nitrogens with zero attached hydrogens (tertiary/aromatic N) is 2. The van der Waals surface area contributed by atoms with E-state index in [0.29, 0.717) is 18.3 Å². The highest BCUT2D eigenvalue weighted by Crippen LogP contribution is 2.31. The van der Waals surface area contributed by atoms with E-state index in [1.165, 1.54) is 16.8 Å². The van der Waals surface area contributed by atoms with Gasteiger partial charge in [-0.25, -0.2) is 0 Å². The molecule has 1 heterocycles. The van der Waals surface area contributed by atoms with Crippen LogP contribution in [-0.2, 0) is 6.54 Å². The van der Waals surface area contributed by atoms with Crippen molar-refractivity contribution in [3.8, 4) is 11.5 Å². The summed E-state index contributed by atoms with van der Waals surface area (Å²) < 4.78 is 5.79. The molecule has 0 spiro atoms. The third kappa shape index (κ3) is 4.56. The van der Waals surface area contributed by atoms with Crippen LogP contribution in [0.5, 0.6) is 11.5 Å². The third-order valence-electron chi connectivity index (χ3n) is 5.36. The van der Waals surface area contributed by atoms with Gasteiger partial charge in [0.15, 0.2) is 0 Å². The first kappa shape index (κ1) is 19.6. The number of benzene rings is 2. The summed E-state index contributed by atoms with van der Waals surface area (Å²) in [7, 11) is 0. The van der Waals surface area contributed by atoms with Gasteiger partial charge in [-0.3, -0.25) is 4.90 Å². The van der Waals surface area contributed by atoms with Crippen LogP contribution in [0.25, 0.3) is 0 Å².